The molecule has 0 aliphatic heterocycles. The predicted molar refractivity (Wildman–Crippen MR) is 161 cm³/mol. The van der Waals surface area contributed by atoms with Crippen LogP contribution in [0.1, 0.15) is 32.0 Å². The molecule has 0 aliphatic rings. The van der Waals surface area contributed by atoms with Crippen molar-refractivity contribution in [3.8, 4) is 5.69 Å². The molecule has 0 radical (unpaired) electrons. The van der Waals surface area contributed by atoms with E-state index in [2.05, 4.69) is 10.6 Å². The number of fused-ring (bicyclic) bond motifs is 1. The number of hydrogen-bond donors (Lipinski definition) is 3. The number of anilines is 2. The second-order valence-electron chi connectivity index (χ2n) is 10.9. The number of nitrogens with one attached hydrogen (secondary N) is 3. The first-order valence-electron chi connectivity index (χ1n) is 13.0. The Bertz CT molecular complexity index is 1690. The minimum atomic E-state index is -4.06. The van der Waals surface area contributed by atoms with Gasteiger partial charge in [0.2, 0.25) is 0 Å². The van der Waals surface area contributed by atoms with Gasteiger partial charge in [-0.05, 0) is 29.1 Å². The molecule has 0 saturated heterocycles. The maximum atomic E-state index is 13.2. The molecule has 12 heteroatoms. The molecule has 0 saturated carbocycles. The molecule has 4 amide bonds. The van der Waals surface area contributed by atoms with Crippen molar-refractivity contribution in [3.05, 3.63) is 84.1 Å². The smallest absolute Gasteiger partial charge is 0.330 e. The summed E-state index contributed by atoms with van der Waals surface area (Å²) < 4.78 is 29.9. The predicted octanol–water partition coefficient (Wildman–Crippen LogP) is 4.91. The van der Waals surface area contributed by atoms with Crippen LogP contribution in [0.2, 0.25) is 0 Å². The van der Waals surface area contributed by atoms with E-state index in [1.54, 1.807) is 22.9 Å². The van der Waals surface area contributed by atoms with Gasteiger partial charge in [-0.1, -0.05) is 69.3 Å². The minimum Gasteiger partial charge on any atom is -0.330 e. The van der Waals surface area contributed by atoms with E-state index in [0.717, 1.165) is 25.7 Å². The van der Waals surface area contributed by atoms with Crippen molar-refractivity contribution in [3.63, 3.8) is 0 Å². The number of benzene rings is 3. The highest BCUT2D eigenvalue weighted by Gasteiger charge is 2.24. The second kappa shape index (κ2) is 11.6. The zero-order valence-electron chi connectivity index (χ0n) is 24.0. The van der Waals surface area contributed by atoms with E-state index in [1.165, 1.54) is 21.1 Å². The highest BCUT2D eigenvalue weighted by Crippen LogP contribution is 2.28. The molecule has 0 bridgehead atoms. The normalized spacial score (nSPS) is 11.9. The Balaban J connectivity index is 1.60. The molecule has 216 valence electrons. The van der Waals surface area contributed by atoms with Crippen LogP contribution in [-0.4, -0.2) is 60.6 Å². The third-order valence-corrected chi connectivity index (χ3v) is 7.73. The molecule has 0 unspecified atom stereocenters. The lowest BCUT2D eigenvalue weighted by Crippen LogP contribution is -2.45. The molecule has 0 spiro atoms. The molecule has 3 N–H and O–H groups in total. The Morgan fingerprint density at radius 3 is 2.29 bits per heavy atom. The van der Waals surface area contributed by atoms with Gasteiger partial charge in [-0.25, -0.2) is 19.0 Å². The van der Waals surface area contributed by atoms with Gasteiger partial charge < -0.3 is 10.2 Å². The molecule has 4 aromatic rings. The minimum absolute atomic E-state index is 0.00160. The topological polar surface area (TPSA) is 129 Å². The van der Waals surface area contributed by atoms with E-state index in [9.17, 15) is 18.0 Å². The summed E-state index contributed by atoms with van der Waals surface area (Å²) in [7, 11) is 0.236. The fourth-order valence-electron chi connectivity index (χ4n) is 4.05. The van der Waals surface area contributed by atoms with Gasteiger partial charge in [0.25, 0.3) is 0 Å². The second-order valence-corrected chi connectivity index (χ2v) is 12.7. The first-order valence-corrected chi connectivity index (χ1v) is 14.4. The molecule has 1 heterocycles. The third-order valence-electron chi connectivity index (χ3n) is 6.35. The van der Waals surface area contributed by atoms with Crippen LogP contribution in [-0.2, 0) is 22.2 Å². The lowest BCUT2D eigenvalue weighted by atomic mass is 9.92. The molecule has 3 aromatic carbocycles. The number of urea groups is 2. The lowest BCUT2D eigenvalue weighted by Gasteiger charge is -2.20. The summed E-state index contributed by atoms with van der Waals surface area (Å²) in [5.74, 6) is 0.448. The molecule has 11 nitrogen and oxygen atoms in total. The van der Waals surface area contributed by atoms with Crippen LogP contribution in [0.5, 0.6) is 0 Å². The van der Waals surface area contributed by atoms with Gasteiger partial charge in [0, 0.05) is 44.6 Å². The van der Waals surface area contributed by atoms with Crippen molar-refractivity contribution < 1.29 is 18.0 Å². The van der Waals surface area contributed by atoms with Crippen LogP contribution in [0, 0.1) is 0 Å². The Labute approximate surface area is 240 Å². The van der Waals surface area contributed by atoms with Gasteiger partial charge in [-0.15, -0.1) is 0 Å². The van der Waals surface area contributed by atoms with Gasteiger partial charge in [0.15, 0.2) is 0 Å². The van der Waals surface area contributed by atoms with Crippen molar-refractivity contribution >= 4 is 44.5 Å². The van der Waals surface area contributed by atoms with Crippen LogP contribution >= 0.6 is 0 Å². The van der Waals surface area contributed by atoms with Crippen LogP contribution in [0.15, 0.2) is 72.8 Å². The zero-order chi connectivity index (χ0) is 29.9. The lowest BCUT2D eigenvalue weighted by molar-refractivity contribution is 0.222. The van der Waals surface area contributed by atoms with E-state index in [4.69, 9.17) is 5.10 Å². The molecule has 41 heavy (non-hydrogen) atoms. The standard InChI is InChI=1S/C29H35N7O4S/c1-29(2,3)25-18-26(31-27(37)30-24-16-10-13-21-12-7-8-15-23(21)24)36(32-25)22-14-9-11-20(17-22)19-35(6)41(39,40)33-28(38)34(4)5/h7-18H,19H2,1-6H3,(H,33,38)(H2,30,31,37). The van der Waals surface area contributed by atoms with Crippen molar-refractivity contribution in [1.82, 2.24) is 23.7 Å². The van der Waals surface area contributed by atoms with Gasteiger partial charge in [-0.2, -0.15) is 17.8 Å². The summed E-state index contributed by atoms with van der Waals surface area (Å²) in [6, 6.07) is 21.3. The summed E-state index contributed by atoms with van der Waals surface area (Å²) in [4.78, 5) is 26.2. The maximum Gasteiger partial charge on any atom is 0.331 e. The molecule has 0 fully saturated rings. The number of rotatable bonds is 7. The zero-order valence-corrected chi connectivity index (χ0v) is 24.8. The van der Waals surface area contributed by atoms with E-state index in [1.807, 2.05) is 80.1 Å². The van der Waals surface area contributed by atoms with Crippen molar-refractivity contribution in [2.45, 2.75) is 32.7 Å². The molecular weight excluding hydrogens is 542 g/mol. The van der Waals surface area contributed by atoms with E-state index < -0.39 is 22.3 Å². The highest BCUT2D eigenvalue weighted by molar-refractivity contribution is 7.87. The van der Waals surface area contributed by atoms with Gasteiger partial charge in [0.05, 0.1) is 17.1 Å². The number of amides is 4. The van der Waals surface area contributed by atoms with Gasteiger partial charge in [0.1, 0.15) is 5.82 Å². The van der Waals surface area contributed by atoms with E-state index in [0.29, 0.717) is 22.8 Å². The highest BCUT2D eigenvalue weighted by atomic mass is 32.2. The van der Waals surface area contributed by atoms with Crippen molar-refractivity contribution in [1.29, 1.82) is 0 Å². The maximum absolute atomic E-state index is 13.2. The SMILES string of the molecule is CN(C)C(=O)NS(=O)(=O)N(C)Cc1cccc(-n2nc(C(C)(C)C)cc2NC(=O)Nc2cccc3ccccc23)c1. The third kappa shape index (κ3) is 7.02. The van der Waals surface area contributed by atoms with Crippen LogP contribution < -0.4 is 15.4 Å². The Kier molecular flexibility index (Phi) is 8.36. The van der Waals surface area contributed by atoms with Crippen LogP contribution in [0.3, 0.4) is 0 Å². The molecule has 0 aliphatic carbocycles. The Morgan fingerprint density at radius 1 is 0.902 bits per heavy atom. The first-order chi connectivity index (χ1) is 19.2. The average molecular weight is 578 g/mol. The summed E-state index contributed by atoms with van der Waals surface area (Å²) in [6.45, 7) is 6.08. The number of carbonyl (C=O) groups excluding carboxylic acids is 2. The summed E-state index contributed by atoms with van der Waals surface area (Å²) in [5.41, 5.74) is 2.42. The number of aromatic nitrogens is 2. The summed E-state index contributed by atoms with van der Waals surface area (Å²) in [6.07, 6.45) is 0. The van der Waals surface area contributed by atoms with Gasteiger partial charge >= 0.3 is 22.3 Å². The summed E-state index contributed by atoms with van der Waals surface area (Å²) in [5, 5.41) is 12.6. The van der Waals surface area contributed by atoms with E-state index >= 15 is 0 Å². The van der Waals surface area contributed by atoms with Crippen molar-refractivity contribution in [2.75, 3.05) is 31.8 Å². The first kappa shape index (κ1) is 29.6. The monoisotopic (exact) mass is 577 g/mol. The molecular formula is C29H35N7O4S. The van der Waals surface area contributed by atoms with Crippen LogP contribution in [0.4, 0.5) is 21.1 Å². The fraction of sp³-hybridized carbons (Fsp3) is 0.276. The largest absolute Gasteiger partial charge is 0.331 e. The number of nitrogens with zero attached hydrogens (tertiary/aromatic N) is 4. The fourth-order valence-corrected chi connectivity index (χ4v) is 4.92. The average Bonchev–Trinajstić information content (AvgIpc) is 3.33. The molecule has 0 atom stereocenters. The number of carbonyl (C=O) groups is 2. The van der Waals surface area contributed by atoms with E-state index in [-0.39, 0.29) is 12.0 Å². The molecule has 4 rings (SSSR count). The quantitative estimate of drug-likeness (QED) is 0.287. The van der Waals surface area contributed by atoms with Crippen LogP contribution in [0.25, 0.3) is 16.5 Å². The van der Waals surface area contributed by atoms with Gasteiger partial charge in [-0.3, -0.25) is 5.32 Å². The summed E-state index contributed by atoms with van der Waals surface area (Å²) >= 11 is 0. The number of hydrogen-bond acceptors (Lipinski definition) is 5. The Morgan fingerprint density at radius 2 is 1.59 bits per heavy atom. The molecule has 1 aromatic heterocycles. The van der Waals surface area contributed by atoms with Crippen molar-refractivity contribution in [2.24, 2.45) is 0 Å². The Hall–Kier alpha value is -4.42.